The lowest BCUT2D eigenvalue weighted by molar-refractivity contribution is -0.220. The van der Waals surface area contributed by atoms with Crippen LogP contribution in [0, 0.1) is 30.5 Å². The van der Waals surface area contributed by atoms with Crippen LogP contribution in [0.5, 0.6) is 5.75 Å². The molecule has 1 saturated heterocycles. The Bertz CT molecular complexity index is 550. The maximum atomic E-state index is 13.8. The van der Waals surface area contributed by atoms with E-state index in [0.29, 0.717) is 36.4 Å². The van der Waals surface area contributed by atoms with E-state index in [1.807, 2.05) is 0 Å². The van der Waals surface area contributed by atoms with Crippen LogP contribution in [0.3, 0.4) is 0 Å². The summed E-state index contributed by atoms with van der Waals surface area (Å²) in [5.74, 6) is 1.94. The van der Waals surface area contributed by atoms with Crippen molar-refractivity contribution in [2.24, 2.45) is 17.8 Å². The zero-order chi connectivity index (χ0) is 17.1. The van der Waals surface area contributed by atoms with Gasteiger partial charge in [0.05, 0.1) is 13.2 Å². The predicted molar refractivity (Wildman–Crippen MR) is 91.9 cm³/mol. The van der Waals surface area contributed by atoms with Gasteiger partial charge in [0, 0.05) is 5.92 Å². The molecule has 0 radical (unpaired) electrons. The summed E-state index contributed by atoms with van der Waals surface area (Å²) in [5.41, 5.74) is 0.502. The minimum absolute atomic E-state index is 0.0139. The van der Waals surface area contributed by atoms with E-state index in [1.54, 1.807) is 19.1 Å². The van der Waals surface area contributed by atoms with Crippen molar-refractivity contribution in [1.29, 1.82) is 0 Å². The van der Waals surface area contributed by atoms with Crippen LogP contribution >= 0.6 is 11.6 Å². The third kappa shape index (κ3) is 4.22. The van der Waals surface area contributed by atoms with E-state index in [2.05, 4.69) is 6.92 Å². The molecule has 2 fully saturated rings. The number of hydrogen-bond acceptors (Lipinski definition) is 3. The first-order valence-electron chi connectivity index (χ1n) is 8.85. The summed E-state index contributed by atoms with van der Waals surface area (Å²) < 4.78 is 31.0. The minimum atomic E-state index is -0.439. The lowest BCUT2D eigenvalue weighted by atomic mass is 9.76. The molecule has 0 spiro atoms. The molecule has 1 aliphatic carbocycles. The largest absolute Gasteiger partial charge is 0.487 e. The predicted octanol–water partition coefficient (Wildman–Crippen LogP) is 4.98. The average molecular weight is 357 g/mol. The van der Waals surface area contributed by atoms with Gasteiger partial charge in [-0.25, -0.2) is 4.39 Å². The summed E-state index contributed by atoms with van der Waals surface area (Å²) in [7, 11) is 0. The highest BCUT2D eigenvalue weighted by Crippen LogP contribution is 2.35. The Balaban J connectivity index is 1.45. The van der Waals surface area contributed by atoms with E-state index in [9.17, 15) is 4.39 Å². The minimum Gasteiger partial charge on any atom is -0.487 e. The first-order chi connectivity index (χ1) is 11.5. The number of ether oxygens (including phenoxy) is 3. The van der Waals surface area contributed by atoms with E-state index in [4.69, 9.17) is 25.8 Å². The topological polar surface area (TPSA) is 27.7 Å². The molecule has 0 amide bonds. The zero-order valence-electron chi connectivity index (χ0n) is 14.4. The van der Waals surface area contributed by atoms with E-state index >= 15 is 0 Å². The molecule has 24 heavy (non-hydrogen) atoms. The number of aryl methyl sites for hydroxylation is 1. The summed E-state index contributed by atoms with van der Waals surface area (Å²) in [5, 5.41) is 0.0139. The standard InChI is InChI=1S/C19H26ClFO3/c1-12-3-6-14(7-4-12)15-9-23-17(24-10-15)11-22-16-8-5-13(2)19(21)18(16)20/h5,8,12,14-15,17H,3-4,6-7,9-11H2,1-2H3. The fourth-order valence-corrected chi connectivity index (χ4v) is 3.85. The van der Waals surface area contributed by atoms with Gasteiger partial charge in [-0.2, -0.15) is 0 Å². The smallest absolute Gasteiger partial charge is 0.191 e. The Morgan fingerprint density at radius 1 is 1.12 bits per heavy atom. The Hall–Kier alpha value is -0.840. The molecular formula is C19H26ClFO3. The summed E-state index contributed by atoms with van der Waals surface area (Å²) in [6.45, 7) is 5.64. The summed E-state index contributed by atoms with van der Waals surface area (Å²) in [6, 6.07) is 3.33. The summed E-state index contributed by atoms with van der Waals surface area (Å²) in [4.78, 5) is 0. The van der Waals surface area contributed by atoms with Gasteiger partial charge in [0.1, 0.15) is 23.2 Å². The normalized spacial score (nSPS) is 31.0. The molecule has 134 valence electrons. The van der Waals surface area contributed by atoms with Crippen LogP contribution < -0.4 is 4.74 Å². The number of benzene rings is 1. The van der Waals surface area contributed by atoms with Crippen LogP contribution in [0.1, 0.15) is 38.2 Å². The molecule has 3 nitrogen and oxygen atoms in total. The van der Waals surface area contributed by atoms with Crippen molar-refractivity contribution in [3.63, 3.8) is 0 Å². The molecule has 1 saturated carbocycles. The van der Waals surface area contributed by atoms with Crippen molar-refractivity contribution in [2.75, 3.05) is 19.8 Å². The quantitative estimate of drug-likeness (QED) is 0.761. The van der Waals surface area contributed by atoms with Crippen LogP contribution in [0.15, 0.2) is 12.1 Å². The first kappa shape index (κ1) is 18.0. The molecule has 2 aliphatic rings. The van der Waals surface area contributed by atoms with Crippen LogP contribution in [0.2, 0.25) is 5.02 Å². The molecule has 0 bridgehead atoms. The second kappa shape index (κ2) is 8.03. The second-order valence-electron chi connectivity index (χ2n) is 7.20. The molecule has 0 atom stereocenters. The van der Waals surface area contributed by atoms with Gasteiger partial charge >= 0.3 is 0 Å². The number of halogens is 2. The summed E-state index contributed by atoms with van der Waals surface area (Å²) in [6.07, 6.45) is 4.76. The molecule has 0 N–H and O–H groups in total. The highest BCUT2D eigenvalue weighted by Gasteiger charge is 2.31. The highest BCUT2D eigenvalue weighted by molar-refractivity contribution is 6.32. The van der Waals surface area contributed by atoms with Gasteiger partial charge < -0.3 is 14.2 Å². The van der Waals surface area contributed by atoms with Gasteiger partial charge in [-0.15, -0.1) is 0 Å². The van der Waals surface area contributed by atoms with Gasteiger partial charge in [-0.05, 0) is 43.2 Å². The van der Waals surface area contributed by atoms with Crippen molar-refractivity contribution >= 4 is 11.6 Å². The molecule has 1 heterocycles. The molecule has 0 unspecified atom stereocenters. The van der Waals surface area contributed by atoms with Gasteiger partial charge in [0.2, 0.25) is 0 Å². The van der Waals surface area contributed by atoms with Crippen molar-refractivity contribution < 1.29 is 18.6 Å². The van der Waals surface area contributed by atoms with Gasteiger partial charge in [0.15, 0.2) is 6.29 Å². The number of rotatable bonds is 4. The molecular weight excluding hydrogens is 331 g/mol. The van der Waals surface area contributed by atoms with E-state index in [1.165, 1.54) is 25.7 Å². The third-order valence-corrected chi connectivity index (χ3v) is 5.69. The maximum absolute atomic E-state index is 13.8. The third-order valence-electron chi connectivity index (χ3n) is 5.33. The van der Waals surface area contributed by atoms with Crippen molar-refractivity contribution in [2.45, 2.75) is 45.8 Å². The van der Waals surface area contributed by atoms with E-state index in [0.717, 1.165) is 5.92 Å². The monoisotopic (exact) mass is 356 g/mol. The summed E-state index contributed by atoms with van der Waals surface area (Å²) >= 11 is 5.97. The SMILES string of the molecule is Cc1ccc(OCC2OCC(C3CCC(C)CC3)CO2)c(Cl)c1F. The van der Waals surface area contributed by atoms with Crippen LogP contribution in [0.25, 0.3) is 0 Å². The maximum Gasteiger partial charge on any atom is 0.191 e. The van der Waals surface area contributed by atoms with E-state index in [-0.39, 0.29) is 11.6 Å². The Kier molecular flexibility index (Phi) is 6.01. The van der Waals surface area contributed by atoms with Crippen LogP contribution in [-0.2, 0) is 9.47 Å². The van der Waals surface area contributed by atoms with E-state index < -0.39 is 12.1 Å². The Labute approximate surface area is 148 Å². The van der Waals surface area contributed by atoms with Crippen molar-refractivity contribution in [3.8, 4) is 5.75 Å². The molecule has 3 rings (SSSR count). The van der Waals surface area contributed by atoms with Gasteiger partial charge in [0.25, 0.3) is 0 Å². The molecule has 0 aromatic heterocycles. The lowest BCUT2D eigenvalue weighted by Crippen LogP contribution is -2.39. The first-order valence-corrected chi connectivity index (χ1v) is 9.23. The van der Waals surface area contributed by atoms with Gasteiger partial charge in [-0.3, -0.25) is 0 Å². The molecule has 1 aromatic carbocycles. The van der Waals surface area contributed by atoms with Gasteiger partial charge in [-0.1, -0.05) is 37.4 Å². The van der Waals surface area contributed by atoms with Crippen LogP contribution in [-0.4, -0.2) is 26.1 Å². The Morgan fingerprint density at radius 2 is 1.79 bits per heavy atom. The zero-order valence-corrected chi connectivity index (χ0v) is 15.2. The van der Waals surface area contributed by atoms with Crippen molar-refractivity contribution in [1.82, 2.24) is 0 Å². The highest BCUT2D eigenvalue weighted by atomic mass is 35.5. The van der Waals surface area contributed by atoms with Crippen molar-refractivity contribution in [3.05, 3.63) is 28.5 Å². The fraction of sp³-hybridized carbons (Fsp3) is 0.684. The van der Waals surface area contributed by atoms with Crippen LogP contribution in [0.4, 0.5) is 4.39 Å². The molecule has 1 aliphatic heterocycles. The number of hydrogen-bond donors (Lipinski definition) is 0. The second-order valence-corrected chi connectivity index (χ2v) is 7.57. The molecule has 5 heteroatoms. The average Bonchev–Trinajstić information content (AvgIpc) is 2.60. The Morgan fingerprint density at radius 3 is 2.46 bits per heavy atom. The molecule has 1 aromatic rings. The lowest BCUT2D eigenvalue weighted by Gasteiger charge is -2.37. The fourth-order valence-electron chi connectivity index (χ4n) is 3.58.